The van der Waals surface area contributed by atoms with Crippen molar-refractivity contribution in [2.75, 3.05) is 11.9 Å². The van der Waals surface area contributed by atoms with E-state index in [-0.39, 0.29) is 0 Å². The fourth-order valence-corrected chi connectivity index (χ4v) is 1.72. The lowest BCUT2D eigenvalue weighted by atomic mass is 10.2. The van der Waals surface area contributed by atoms with Crippen LogP contribution in [0, 0.1) is 6.92 Å². The van der Waals surface area contributed by atoms with Crippen LogP contribution in [0.5, 0.6) is 0 Å². The first-order chi connectivity index (χ1) is 7.96. The third kappa shape index (κ3) is 2.97. The summed E-state index contributed by atoms with van der Waals surface area (Å²) in [6, 6.07) is 2.62. The second-order valence-corrected chi connectivity index (χ2v) is 4.20. The predicted octanol–water partition coefficient (Wildman–Crippen LogP) is 1.33. The number of carbonyl (C=O) groups excluding carboxylic acids is 1. The summed E-state index contributed by atoms with van der Waals surface area (Å²) >= 11 is 0. The minimum absolute atomic E-state index is 0.381. The minimum atomic E-state index is -2.80. The molecule has 1 aromatic heterocycles. The number of hydrogen-bond donors (Lipinski definition) is 2. The molecular formula is C11H13F2N3O. The fraction of sp³-hybridized carbons (Fsp3) is 0.455. The molecule has 6 heteroatoms. The van der Waals surface area contributed by atoms with Crippen molar-refractivity contribution < 1.29 is 13.6 Å². The summed E-state index contributed by atoms with van der Waals surface area (Å²) in [5, 5.41) is 5.01. The van der Waals surface area contributed by atoms with Crippen LogP contribution in [-0.4, -0.2) is 29.4 Å². The normalized spacial score (nSPS) is 22.4. The first-order valence-corrected chi connectivity index (χ1v) is 5.31. The summed E-state index contributed by atoms with van der Waals surface area (Å²) in [4.78, 5) is 15.6. The van der Waals surface area contributed by atoms with Gasteiger partial charge in [0.1, 0.15) is 5.82 Å². The molecule has 2 N–H and O–H groups in total. The molecule has 0 bridgehead atoms. The molecule has 0 aliphatic carbocycles. The van der Waals surface area contributed by atoms with E-state index >= 15 is 0 Å². The summed E-state index contributed by atoms with van der Waals surface area (Å²) in [6.07, 6.45) is 1.09. The molecule has 1 aliphatic rings. The lowest BCUT2D eigenvalue weighted by molar-refractivity contribution is -0.118. The van der Waals surface area contributed by atoms with E-state index in [9.17, 15) is 13.6 Å². The molecular weight excluding hydrogens is 228 g/mol. The van der Waals surface area contributed by atoms with Gasteiger partial charge in [-0.1, -0.05) is 0 Å². The zero-order valence-corrected chi connectivity index (χ0v) is 9.34. The lowest BCUT2D eigenvalue weighted by Crippen LogP contribution is -2.35. The summed E-state index contributed by atoms with van der Waals surface area (Å²) in [6.45, 7) is 1.41. The van der Waals surface area contributed by atoms with Crippen LogP contribution in [0.15, 0.2) is 18.3 Å². The van der Waals surface area contributed by atoms with Crippen LogP contribution in [-0.2, 0) is 4.79 Å². The predicted molar refractivity (Wildman–Crippen MR) is 59.0 cm³/mol. The molecule has 0 saturated carbocycles. The number of carbonyl (C=O) groups is 1. The van der Waals surface area contributed by atoms with Gasteiger partial charge in [-0.2, -0.15) is 0 Å². The highest BCUT2D eigenvalue weighted by molar-refractivity contribution is 5.94. The van der Waals surface area contributed by atoms with E-state index in [0.29, 0.717) is 5.82 Å². The van der Waals surface area contributed by atoms with E-state index in [1.165, 1.54) is 0 Å². The Bertz CT molecular complexity index is 436. The van der Waals surface area contributed by atoms with Crippen molar-refractivity contribution in [3.05, 3.63) is 23.9 Å². The van der Waals surface area contributed by atoms with Gasteiger partial charge in [0.2, 0.25) is 5.91 Å². The lowest BCUT2D eigenvalue weighted by Gasteiger charge is -2.10. The maximum atomic E-state index is 12.9. The first-order valence-electron chi connectivity index (χ1n) is 5.31. The van der Waals surface area contributed by atoms with Gasteiger partial charge in [0.05, 0.1) is 12.6 Å². The molecule has 1 fully saturated rings. The van der Waals surface area contributed by atoms with Gasteiger partial charge >= 0.3 is 0 Å². The molecule has 92 valence electrons. The van der Waals surface area contributed by atoms with Crippen LogP contribution >= 0.6 is 0 Å². The molecule has 1 unspecified atom stereocenters. The number of nitrogens with zero attached hydrogens (tertiary/aromatic N) is 1. The Kier molecular flexibility index (Phi) is 3.06. The zero-order chi connectivity index (χ0) is 12.5. The standard InChI is InChI=1S/C11H13F2N3O/c1-7-2-3-14-9(4-7)16-10(17)8-5-11(12,13)6-15-8/h2-4,8,15H,5-6H2,1H3,(H,14,16,17). The van der Waals surface area contributed by atoms with Crippen molar-refractivity contribution in [3.8, 4) is 0 Å². The molecule has 1 saturated heterocycles. The Morgan fingerprint density at radius 3 is 3.00 bits per heavy atom. The van der Waals surface area contributed by atoms with Crippen LogP contribution in [0.3, 0.4) is 0 Å². The largest absolute Gasteiger partial charge is 0.309 e. The van der Waals surface area contributed by atoms with Gasteiger partial charge in [0, 0.05) is 12.6 Å². The highest BCUT2D eigenvalue weighted by atomic mass is 19.3. The van der Waals surface area contributed by atoms with Crippen LogP contribution in [0.2, 0.25) is 0 Å². The summed E-state index contributed by atoms with van der Waals surface area (Å²) < 4.78 is 25.8. The van der Waals surface area contributed by atoms with Crippen molar-refractivity contribution in [1.82, 2.24) is 10.3 Å². The number of rotatable bonds is 2. The molecule has 4 nitrogen and oxygen atoms in total. The van der Waals surface area contributed by atoms with E-state index < -0.39 is 30.8 Å². The fourth-order valence-electron chi connectivity index (χ4n) is 1.72. The topological polar surface area (TPSA) is 54.0 Å². The van der Waals surface area contributed by atoms with Gasteiger partial charge in [-0.25, -0.2) is 13.8 Å². The van der Waals surface area contributed by atoms with Crippen LogP contribution in [0.4, 0.5) is 14.6 Å². The molecule has 0 radical (unpaired) electrons. The molecule has 17 heavy (non-hydrogen) atoms. The van der Waals surface area contributed by atoms with Crippen molar-refractivity contribution in [2.24, 2.45) is 0 Å². The number of amides is 1. The molecule has 2 heterocycles. The van der Waals surface area contributed by atoms with Gasteiger partial charge in [0.25, 0.3) is 5.92 Å². The van der Waals surface area contributed by atoms with Crippen molar-refractivity contribution in [1.29, 1.82) is 0 Å². The number of alkyl halides is 2. The molecule has 0 aromatic carbocycles. The molecule has 1 atom stereocenters. The van der Waals surface area contributed by atoms with E-state index in [1.54, 1.807) is 18.3 Å². The van der Waals surface area contributed by atoms with Gasteiger partial charge in [-0.05, 0) is 24.6 Å². The average Bonchev–Trinajstić information content (AvgIpc) is 2.59. The summed E-state index contributed by atoms with van der Waals surface area (Å²) in [5.74, 6) is -2.89. The van der Waals surface area contributed by atoms with Crippen LogP contribution in [0.1, 0.15) is 12.0 Å². The number of nitrogens with one attached hydrogen (secondary N) is 2. The van der Waals surface area contributed by atoms with Crippen molar-refractivity contribution in [3.63, 3.8) is 0 Å². The summed E-state index contributed by atoms with van der Waals surface area (Å²) in [5.41, 5.74) is 0.944. The first kappa shape index (κ1) is 11.9. The molecule has 1 amide bonds. The van der Waals surface area contributed by atoms with E-state index in [4.69, 9.17) is 0 Å². The Hall–Kier alpha value is -1.56. The number of pyridine rings is 1. The second-order valence-electron chi connectivity index (χ2n) is 4.20. The number of aryl methyl sites for hydroxylation is 1. The Morgan fingerprint density at radius 1 is 1.65 bits per heavy atom. The molecule has 1 aliphatic heterocycles. The minimum Gasteiger partial charge on any atom is -0.309 e. The average molecular weight is 241 g/mol. The number of halogens is 2. The Balaban J connectivity index is 1.98. The maximum absolute atomic E-state index is 12.9. The third-order valence-electron chi connectivity index (χ3n) is 2.59. The van der Waals surface area contributed by atoms with Crippen molar-refractivity contribution >= 4 is 11.7 Å². The smallest absolute Gasteiger partial charge is 0.262 e. The second kappa shape index (κ2) is 4.37. The van der Waals surface area contributed by atoms with Gasteiger partial charge in [-0.3, -0.25) is 10.1 Å². The van der Waals surface area contributed by atoms with Crippen molar-refractivity contribution in [2.45, 2.75) is 25.3 Å². The maximum Gasteiger partial charge on any atom is 0.262 e. The zero-order valence-electron chi connectivity index (χ0n) is 9.34. The molecule has 1 aromatic rings. The quantitative estimate of drug-likeness (QED) is 0.821. The number of anilines is 1. The number of hydrogen-bond acceptors (Lipinski definition) is 3. The Morgan fingerprint density at radius 2 is 2.41 bits per heavy atom. The highest BCUT2D eigenvalue weighted by Gasteiger charge is 2.42. The Labute approximate surface area is 97.4 Å². The highest BCUT2D eigenvalue weighted by Crippen LogP contribution is 2.25. The SMILES string of the molecule is Cc1ccnc(NC(=O)C2CC(F)(F)CN2)c1. The van der Waals surface area contributed by atoms with Gasteiger partial charge in [0.15, 0.2) is 0 Å². The van der Waals surface area contributed by atoms with Crippen LogP contribution < -0.4 is 10.6 Å². The third-order valence-corrected chi connectivity index (χ3v) is 2.59. The number of aromatic nitrogens is 1. The molecule has 2 rings (SSSR count). The van der Waals surface area contributed by atoms with Crippen LogP contribution in [0.25, 0.3) is 0 Å². The molecule has 0 spiro atoms. The van der Waals surface area contributed by atoms with E-state index in [1.807, 2.05) is 6.92 Å². The summed E-state index contributed by atoms with van der Waals surface area (Å²) in [7, 11) is 0. The van der Waals surface area contributed by atoms with Gasteiger partial charge < -0.3 is 5.32 Å². The monoisotopic (exact) mass is 241 g/mol. The van der Waals surface area contributed by atoms with E-state index in [2.05, 4.69) is 15.6 Å². The van der Waals surface area contributed by atoms with Gasteiger partial charge in [-0.15, -0.1) is 0 Å². The van der Waals surface area contributed by atoms with E-state index in [0.717, 1.165) is 5.56 Å².